The van der Waals surface area contributed by atoms with Crippen LogP contribution < -0.4 is 25.3 Å². The van der Waals surface area contributed by atoms with Crippen LogP contribution in [0.1, 0.15) is 5.56 Å². The first-order chi connectivity index (χ1) is 18.7. The number of carbonyl (C=O) groups excluding carboxylic acids is 1. The van der Waals surface area contributed by atoms with Gasteiger partial charge >= 0.3 is 6.03 Å². The zero-order valence-corrected chi connectivity index (χ0v) is 21.2. The molecule has 1 aromatic heterocycles. The quantitative estimate of drug-likeness (QED) is 0.358. The summed E-state index contributed by atoms with van der Waals surface area (Å²) in [5.74, 6) is 2.60. The summed E-state index contributed by atoms with van der Waals surface area (Å²) in [6.45, 7) is 5.47. The van der Waals surface area contributed by atoms with Crippen molar-refractivity contribution in [2.24, 2.45) is 5.10 Å². The van der Waals surface area contributed by atoms with Gasteiger partial charge in [0.1, 0.15) is 5.75 Å². The van der Waals surface area contributed by atoms with E-state index in [0.29, 0.717) is 49.8 Å². The summed E-state index contributed by atoms with van der Waals surface area (Å²) >= 11 is 0. The van der Waals surface area contributed by atoms with E-state index in [1.807, 2.05) is 36.4 Å². The largest absolute Gasteiger partial charge is 0.497 e. The summed E-state index contributed by atoms with van der Waals surface area (Å²) in [5.41, 5.74) is 4.73. The molecule has 2 aromatic carbocycles. The Labute approximate surface area is 220 Å². The maximum Gasteiger partial charge on any atom is 0.339 e. The second-order valence-corrected chi connectivity index (χ2v) is 8.63. The summed E-state index contributed by atoms with van der Waals surface area (Å²) in [7, 11) is 1.61. The molecule has 12 heteroatoms. The number of hydrazone groups is 1. The van der Waals surface area contributed by atoms with Crippen LogP contribution in [0.2, 0.25) is 0 Å². The highest BCUT2D eigenvalue weighted by molar-refractivity contribution is 5.90. The third-order valence-corrected chi connectivity index (χ3v) is 6.10. The number of amides is 2. The molecule has 2 aliphatic heterocycles. The van der Waals surface area contributed by atoms with Gasteiger partial charge in [0.15, 0.2) is 5.82 Å². The van der Waals surface area contributed by atoms with Crippen molar-refractivity contribution in [1.82, 2.24) is 20.4 Å². The van der Waals surface area contributed by atoms with E-state index in [0.717, 1.165) is 43.1 Å². The lowest BCUT2D eigenvalue weighted by molar-refractivity contribution is 0.121. The van der Waals surface area contributed by atoms with Gasteiger partial charge in [0, 0.05) is 37.4 Å². The van der Waals surface area contributed by atoms with E-state index in [1.54, 1.807) is 25.5 Å². The predicted octanol–water partition coefficient (Wildman–Crippen LogP) is 2.38. The Balaban J connectivity index is 1.26. The number of hydrogen-bond donors (Lipinski definition) is 2. The number of benzene rings is 2. The summed E-state index contributed by atoms with van der Waals surface area (Å²) in [6.07, 6.45) is 1.56. The van der Waals surface area contributed by atoms with Gasteiger partial charge in [-0.25, -0.2) is 10.2 Å². The van der Waals surface area contributed by atoms with E-state index in [2.05, 4.69) is 25.6 Å². The Bertz CT molecular complexity index is 1200. The van der Waals surface area contributed by atoms with Crippen LogP contribution in [0.25, 0.3) is 11.4 Å². The number of anilines is 3. The number of hydrogen-bond acceptors (Lipinski definition) is 10. The van der Waals surface area contributed by atoms with Crippen LogP contribution in [-0.2, 0) is 9.47 Å². The lowest BCUT2D eigenvalue weighted by Crippen LogP contribution is -2.40. The van der Waals surface area contributed by atoms with Gasteiger partial charge < -0.3 is 29.3 Å². The third kappa shape index (κ3) is 6.52. The molecule has 38 heavy (non-hydrogen) atoms. The second kappa shape index (κ2) is 12.3. The lowest BCUT2D eigenvalue weighted by Gasteiger charge is -2.30. The molecule has 0 bridgehead atoms. The van der Waals surface area contributed by atoms with Gasteiger partial charge in [0.2, 0.25) is 11.9 Å². The van der Waals surface area contributed by atoms with E-state index < -0.39 is 6.03 Å². The fraction of sp³-hybridized carbons (Fsp3) is 0.346. The molecule has 0 saturated carbocycles. The zero-order valence-electron chi connectivity index (χ0n) is 21.2. The first-order valence-electron chi connectivity index (χ1n) is 12.4. The first-order valence-corrected chi connectivity index (χ1v) is 12.4. The van der Waals surface area contributed by atoms with E-state index in [-0.39, 0.29) is 0 Å². The highest BCUT2D eigenvalue weighted by Gasteiger charge is 2.21. The molecule has 2 aliphatic rings. The number of carbonyl (C=O) groups is 1. The Morgan fingerprint density at radius 3 is 2.00 bits per heavy atom. The van der Waals surface area contributed by atoms with Crippen molar-refractivity contribution in [2.45, 2.75) is 0 Å². The molecular formula is C26H30N8O4. The van der Waals surface area contributed by atoms with Crippen LogP contribution in [0, 0.1) is 0 Å². The molecule has 3 heterocycles. The zero-order chi connectivity index (χ0) is 26.2. The van der Waals surface area contributed by atoms with Gasteiger partial charge in [0.25, 0.3) is 0 Å². The summed E-state index contributed by atoms with van der Waals surface area (Å²) in [5, 5.41) is 6.75. The molecule has 2 fully saturated rings. The molecule has 5 rings (SSSR count). The molecular weight excluding hydrogens is 488 g/mol. The average Bonchev–Trinajstić information content (AvgIpc) is 2.98. The van der Waals surface area contributed by atoms with E-state index in [9.17, 15) is 4.79 Å². The molecule has 0 spiro atoms. The van der Waals surface area contributed by atoms with Gasteiger partial charge in [-0.1, -0.05) is 0 Å². The molecule has 2 N–H and O–H groups in total. The molecule has 0 radical (unpaired) electrons. The van der Waals surface area contributed by atoms with Crippen molar-refractivity contribution in [3.63, 3.8) is 0 Å². The monoisotopic (exact) mass is 518 g/mol. The smallest absolute Gasteiger partial charge is 0.339 e. The predicted molar refractivity (Wildman–Crippen MR) is 144 cm³/mol. The minimum Gasteiger partial charge on any atom is -0.497 e. The van der Waals surface area contributed by atoms with Gasteiger partial charge in [-0.3, -0.25) is 0 Å². The molecule has 0 atom stereocenters. The first kappa shape index (κ1) is 25.4. The van der Waals surface area contributed by atoms with Gasteiger partial charge in [-0.2, -0.15) is 20.1 Å². The highest BCUT2D eigenvalue weighted by atomic mass is 16.5. The Morgan fingerprint density at radius 2 is 1.45 bits per heavy atom. The number of nitrogens with zero attached hydrogens (tertiary/aromatic N) is 6. The van der Waals surface area contributed by atoms with Gasteiger partial charge in [0.05, 0.1) is 39.8 Å². The minimum atomic E-state index is -0.452. The Kier molecular flexibility index (Phi) is 8.21. The average molecular weight is 519 g/mol. The normalized spacial score (nSPS) is 15.9. The van der Waals surface area contributed by atoms with Crippen LogP contribution in [0.4, 0.5) is 22.4 Å². The second-order valence-electron chi connectivity index (χ2n) is 8.63. The molecule has 2 amide bonds. The van der Waals surface area contributed by atoms with Crippen molar-refractivity contribution in [3.05, 3.63) is 54.1 Å². The Morgan fingerprint density at radius 1 is 0.868 bits per heavy atom. The topological polar surface area (TPSA) is 126 Å². The molecule has 0 aliphatic carbocycles. The summed E-state index contributed by atoms with van der Waals surface area (Å²) in [4.78, 5) is 30.8. The number of nitrogens with one attached hydrogen (secondary N) is 2. The van der Waals surface area contributed by atoms with E-state index in [1.165, 1.54) is 0 Å². The van der Waals surface area contributed by atoms with Crippen LogP contribution in [-0.4, -0.2) is 86.9 Å². The number of rotatable bonds is 7. The molecule has 3 aromatic rings. The van der Waals surface area contributed by atoms with Gasteiger partial charge in [-0.05, 0) is 54.1 Å². The van der Waals surface area contributed by atoms with E-state index in [4.69, 9.17) is 29.2 Å². The van der Waals surface area contributed by atoms with Crippen molar-refractivity contribution in [2.75, 3.05) is 74.8 Å². The number of methoxy groups -OCH3 is 1. The number of urea groups is 1. The standard InChI is InChI=1S/C26H30N8O4/c1-36-22-8-2-19(3-9-22)18-27-32-26(35)28-21-6-4-20(5-7-21)23-29-24(33-10-14-37-15-11-33)31-25(30-23)34-12-16-38-17-13-34/h2-9,18H,10-17H2,1H3,(H2,28,32,35)/b27-18+. The van der Waals surface area contributed by atoms with Gasteiger partial charge in [-0.15, -0.1) is 0 Å². The molecule has 2 saturated heterocycles. The molecule has 0 unspecified atom stereocenters. The maximum atomic E-state index is 12.3. The Hall–Kier alpha value is -4.29. The van der Waals surface area contributed by atoms with Crippen molar-refractivity contribution < 1.29 is 19.0 Å². The van der Waals surface area contributed by atoms with Crippen LogP contribution in [0.5, 0.6) is 5.75 Å². The maximum absolute atomic E-state index is 12.3. The summed E-state index contributed by atoms with van der Waals surface area (Å²) < 4.78 is 16.1. The minimum absolute atomic E-state index is 0.452. The molecule has 12 nitrogen and oxygen atoms in total. The fourth-order valence-corrected chi connectivity index (χ4v) is 4.01. The number of aromatic nitrogens is 3. The SMILES string of the molecule is COc1ccc(/C=N/NC(=O)Nc2ccc(-c3nc(N4CCOCC4)nc(N4CCOCC4)n3)cc2)cc1. The third-order valence-electron chi connectivity index (χ3n) is 6.10. The van der Waals surface area contributed by atoms with Crippen molar-refractivity contribution in [3.8, 4) is 17.1 Å². The van der Waals surface area contributed by atoms with Crippen LogP contribution in [0.3, 0.4) is 0 Å². The molecule has 198 valence electrons. The fourth-order valence-electron chi connectivity index (χ4n) is 4.01. The highest BCUT2D eigenvalue weighted by Crippen LogP contribution is 2.24. The lowest BCUT2D eigenvalue weighted by atomic mass is 10.2. The number of ether oxygens (including phenoxy) is 3. The van der Waals surface area contributed by atoms with Crippen molar-refractivity contribution in [1.29, 1.82) is 0 Å². The number of morpholine rings is 2. The van der Waals surface area contributed by atoms with Crippen molar-refractivity contribution >= 4 is 29.8 Å². The van der Waals surface area contributed by atoms with Crippen LogP contribution in [0.15, 0.2) is 53.6 Å². The van der Waals surface area contributed by atoms with Crippen LogP contribution >= 0.6 is 0 Å². The summed E-state index contributed by atoms with van der Waals surface area (Å²) in [6, 6.07) is 14.2. The van der Waals surface area contributed by atoms with E-state index >= 15 is 0 Å².